The summed E-state index contributed by atoms with van der Waals surface area (Å²) in [5, 5.41) is 6.43. The van der Waals surface area contributed by atoms with Crippen LogP contribution in [0.3, 0.4) is 0 Å². The van der Waals surface area contributed by atoms with Crippen LogP contribution in [0.25, 0.3) is 0 Å². The molecule has 0 aromatic carbocycles. The highest BCUT2D eigenvalue weighted by Crippen LogP contribution is 2.17. The van der Waals surface area contributed by atoms with Crippen molar-refractivity contribution >= 4 is 17.5 Å². The highest BCUT2D eigenvalue weighted by atomic mass is 16.2. The molecule has 0 unspecified atom stereocenters. The number of nitrogens with one attached hydrogen (secondary N) is 2. The van der Waals surface area contributed by atoms with E-state index in [1.807, 2.05) is 6.92 Å². The third-order valence-corrected chi connectivity index (χ3v) is 2.76. The van der Waals surface area contributed by atoms with Crippen LogP contribution in [0.2, 0.25) is 0 Å². The maximum atomic E-state index is 11.5. The third-order valence-electron chi connectivity index (χ3n) is 2.76. The number of aromatic nitrogens is 2. The SMILES string of the molecule is CCCNc1ncnc(NCCC(=O)N(C)C)c1C. The molecule has 0 radical (unpaired) electrons. The minimum atomic E-state index is 0.101. The number of amides is 1. The third kappa shape index (κ3) is 4.73. The average Bonchev–Trinajstić information content (AvgIpc) is 2.39. The Labute approximate surface area is 114 Å². The Bertz CT molecular complexity index is 419. The largest absolute Gasteiger partial charge is 0.370 e. The fourth-order valence-electron chi connectivity index (χ4n) is 1.56. The van der Waals surface area contributed by atoms with E-state index in [0.29, 0.717) is 13.0 Å². The van der Waals surface area contributed by atoms with Gasteiger partial charge in [-0.25, -0.2) is 9.97 Å². The van der Waals surface area contributed by atoms with E-state index in [4.69, 9.17) is 0 Å². The molecular formula is C13H23N5O. The molecule has 1 aromatic rings. The number of hydrogen-bond acceptors (Lipinski definition) is 5. The second-order valence-corrected chi connectivity index (χ2v) is 4.59. The predicted octanol–water partition coefficient (Wildman–Crippen LogP) is 1.50. The van der Waals surface area contributed by atoms with Crippen molar-refractivity contribution in [1.29, 1.82) is 0 Å². The molecular weight excluding hydrogens is 242 g/mol. The second kappa shape index (κ2) is 7.56. The Hall–Kier alpha value is -1.85. The van der Waals surface area contributed by atoms with Crippen LogP contribution >= 0.6 is 0 Å². The van der Waals surface area contributed by atoms with E-state index in [1.165, 1.54) is 6.33 Å². The quantitative estimate of drug-likeness (QED) is 0.782. The molecule has 1 heterocycles. The Kier molecular flexibility index (Phi) is 6.05. The molecule has 0 fully saturated rings. The molecule has 0 aliphatic rings. The van der Waals surface area contributed by atoms with Crippen LogP contribution < -0.4 is 10.6 Å². The van der Waals surface area contributed by atoms with Crippen molar-refractivity contribution in [2.75, 3.05) is 37.8 Å². The standard InChI is InChI=1S/C13H23N5O/c1-5-7-14-12-10(2)13(17-9-16-12)15-8-6-11(19)18(3)4/h9H,5-8H2,1-4H3,(H2,14,15,16,17). The summed E-state index contributed by atoms with van der Waals surface area (Å²) in [6, 6.07) is 0. The molecule has 0 atom stereocenters. The molecule has 0 saturated carbocycles. The first-order valence-electron chi connectivity index (χ1n) is 6.55. The normalized spacial score (nSPS) is 10.1. The fourth-order valence-corrected chi connectivity index (χ4v) is 1.56. The lowest BCUT2D eigenvalue weighted by Gasteiger charge is -2.13. The van der Waals surface area contributed by atoms with Crippen molar-refractivity contribution in [3.8, 4) is 0 Å². The molecule has 6 nitrogen and oxygen atoms in total. The van der Waals surface area contributed by atoms with Crippen LogP contribution in [-0.4, -0.2) is 48.0 Å². The molecule has 0 saturated heterocycles. The number of anilines is 2. The molecule has 106 valence electrons. The van der Waals surface area contributed by atoms with Gasteiger partial charge in [0.05, 0.1) is 0 Å². The number of nitrogens with zero attached hydrogens (tertiary/aromatic N) is 3. The first kappa shape index (κ1) is 15.2. The average molecular weight is 265 g/mol. The minimum Gasteiger partial charge on any atom is -0.370 e. The molecule has 0 aliphatic carbocycles. The summed E-state index contributed by atoms with van der Waals surface area (Å²) >= 11 is 0. The van der Waals surface area contributed by atoms with E-state index in [1.54, 1.807) is 19.0 Å². The summed E-state index contributed by atoms with van der Waals surface area (Å²) in [6.45, 7) is 5.53. The minimum absolute atomic E-state index is 0.101. The fraction of sp³-hybridized carbons (Fsp3) is 0.615. The summed E-state index contributed by atoms with van der Waals surface area (Å²) in [4.78, 5) is 21.5. The Morgan fingerprint density at radius 3 is 2.32 bits per heavy atom. The monoisotopic (exact) mass is 265 g/mol. The second-order valence-electron chi connectivity index (χ2n) is 4.59. The van der Waals surface area contributed by atoms with Gasteiger partial charge in [0, 0.05) is 39.2 Å². The van der Waals surface area contributed by atoms with Crippen molar-refractivity contribution < 1.29 is 4.79 Å². The van der Waals surface area contributed by atoms with Gasteiger partial charge in [-0.15, -0.1) is 0 Å². The van der Waals surface area contributed by atoms with Gasteiger partial charge in [-0.1, -0.05) is 6.92 Å². The Morgan fingerprint density at radius 1 is 1.21 bits per heavy atom. The summed E-state index contributed by atoms with van der Waals surface area (Å²) in [7, 11) is 3.51. The van der Waals surface area contributed by atoms with Crippen molar-refractivity contribution in [2.45, 2.75) is 26.7 Å². The van der Waals surface area contributed by atoms with Gasteiger partial charge in [0.25, 0.3) is 0 Å². The van der Waals surface area contributed by atoms with Crippen molar-refractivity contribution in [2.24, 2.45) is 0 Å². The van der Waals surface area contributed by atoms with Gasteiger partial charge in [-0.2, -0.15) is 0 Å². The van der Waals surface area contributed by atoms with Crippen LogP contribution in [0.1, 0.15) is 25.3 Å². The first-order chi connectivity index (χ1) is 9.06. The molecule has 1 amide bonds. The molecule has 1 rings (SSSR count). The Morgan fingerprint density at radius 2 is 1.79 bits per heavy atom. The van der Waals surface area contributed by atoms with Crippen LogP contribution in [0.5, 0.6) is 0 Å². The summed E-state index contributed by atoms with van der Waals surface area (Å²) in [6.07, 6.45) is 3.03. The number of carbonyl (C=O) groups excluding carboxylic acids is 1. The molecule has 19 heavy (non-hydrogen) atoms. The van der Waals surface area contributed by atoms with Crippen LogP contribution in [0.4, 0.5) is 11.6 Å². The smallest absolute Gasteiger partial charge is 0.223 e. The molecule has 0 aliphatic heterocycles. The van der Waals surface area contributed by atoms with Gasteiger partial charge in [-0.05, 0) is 13.3 Å². The predicted molar refractivity (Wildman–Crippen MR) is 77.4 cm³/mol. The van der Waals surface area contributed by atoms with E-state index < -0.39 is 0 Å². The van der Waals surface area contributed by atoms with Gasteiger partial charge in [0.1, 0.15) is 18.0 Å². The molecule has 6 heteroatoms. The first-order valence-corrected chi connectivity index (χ1v) is 6.55. The lowest BCUT2D eigenvalue weighted by atomic mass is 10.3. The number of hydrogen-bond donors (Lipinski definition) is 2. The lowest BCUT2D eigenvalue weighted by molar-refractivity contribution is -0.128. The zero-order valence-corrected chi connectivity index (χ0v) is 12.2. The van der Waals surface area contributed by atoms with Crippen LogP contribution in [0.15, 0.2) is 6.33 Å². The van der Waals surface area contributed by atoms with E-state index in [9.17, 15) is 4.79 Å². The molecule has 0 bridgehead atoms. The van der Waals surface area contributed by atoms with Crippen LogP contribution in [0, 0.1) is 6.92 Å². The highest BCUT2D eigenvalue weighted by Gasteiger charge is 2.07. The van der Waals surface area contributed by atoms with Gasteiger partial charge >= 0.3 is 0 Å². The van der Waals surface area contributed by atoms with Crippen molar-refractivity contribution in [3.05, 3.63) is 11.9 Å². The lowest BCUT2D eigenvalue weighted by Crippen LogP contribution is -2.24. The zero-order chi connectivity index (χ0) is 14.3. The zero-order valence-electron chi connectivity index (χ0n) is 12.2. The summed E-state index contributed by atoms with van der Waals surface area (Å²) < 4.78 is 0. The van der Waals surface area contributed by atoms with E-state index >= 15 is 0 Å². The number of rotatable bonds is 7. The highest BCUT2D eigenvalue weighted by molar-refractivity contribution is 5.76. The van der Waals surface area contributed by atoms with Gasteiger partial charge in [0.2, 0.25) is 5.91 Å². The summed E-state index contributed by atoms with van der Waals surface area (Å²) in [5.41, 5.74) is 0.980. The maximum Gasteiger partial charge on any atom is 0.223 e. The Balaban J connectivity index is 2.56. The van der Waals surface area contributed by atoms with Gasteiger partial charge in [-0.3, -0.25) is 4.79 Å². The van der Waals surface area contributed by atoms with Crippen molar-refractivity contribution in [1.82, 2.24) is 14.9 Å². The number of carbonyl (C=O) groups is 1. The molecule has 0 spiro atoms. The topological polar surface area (TPSA) is 70.1 Å². The maximum absolute atomic E-state index is 11.5. The van der Waals surface area contributed by atoms with E-state index in [0.717, 1.165) is 30.2 Å². The van der Waals surface area contributed by atoms with E-state index in [2.05, 4.69) is 27.5 Å². The molecule has 1 aromatic heterocycles. The summed E-state index contributed by atoms with van der Waals surface area (Å²) in [5.74, 6) is 1.72. The van der Waals surface area contributed by atoms with Gasteiger partial charge < -0.3 is 15.5 Å². The van der Waals surface area contributed by atoms with Gasteiger partial charge in [0.15, 0.2) is 0 Å². The van der Waals surface area contributed by atoms with Crippen LogP contribution in [-0.2, 0) is 4.79 Å². The van der Waals surface area contributed by atoms with Crippen molar-refractivity contribution in [3.63, 3.8) is 0 Å². The van der Waals surface area contributed by atoms with E-state index in [-0.39, 0.29) is 5.91 Å². The molecule has 2 N–H and O–H groups in total.